The predicted octanol–water partition coefficient (Wildman–Crippen LogP) is 6.71. The molecule has 26 heavy (non-hydrogen) atoms. The van der Waals surface area contributed by atoms with E-state index in [0.717, 1.165) is 21.9 Å². The van der Waals surface area contributed by atoms with E-state index in [2.05, 4.69) is 29.2 Å². The normalized spacial score (nSPS) is 12.1. The van der Waals surface area contributed by atoms with Gasteiger partial charge in [0.05, 0.1) is 5.02 Å². The van der Waals surface area contributed by atoms with Crippen molar-refractivity contribution in [2.45, 2.75) is 6.10 Å². The van der Waals surface area contributed by atoms with Crippen LogP contribution in [-0.4, -0.2) is 4.98 Å². The van der Waals surface area contributed by atoms with Crippen LogP contribution >= 0.6 is 23.2 Å². The van der Waals surface area contributed by atoms with Gasteiger partial charge in [0.15, 0.2) is 6.10 Å². The molecule has 0 aliphatic rings. The Hall–Kier alpha value is -2.55. The summed E-state index contributed by atoms with van der Waals surface area (Å²) in [5.41, 5.74) is 2.01. The number of rotatable bonds is 4. The van der Waals surface area contributed by atoms with E-state index >= 15 is 0 Å². The molecule has 0 aliphatic heterocycles. The number of hydrogen-bond donors (Lipinski definition) is 0. The first-order valence-electron chi connectivity index (χ1n) is 8.21. The summed E-state index contributed by atoms with van der Waals surface area (Å²) in [6.07, 6.45) is 3.23. The Morgan fingerprint density at radius 3 is 2.50 bits per heavy atom. The lowest BCUT2D eigenvalue weighted by molar-refractivity contribution is 0.248. The van der Waals surface area contributed by atoms with Crippen LogP contribution < -0.4 is 4.74 Å². The molecular formula is C22H15Cl2NO. The highest BCUT2D eigenvalue weighted by atomic mass is 35.5. The van der Waals surface area contributed by atoms with Crippen molar-refractivity contribution in [2.75, 3.05) is 0 Å². The zero-order valence-corrected chi connectivity index (χ0v) is 15.3. The topological polar surface area (TPSA) is 22.1 Å². The number of hydrogen-bond acceptors (Lipinski definition) is 2. The third-order valence-electron chi connectivity index (χ3n) is 4.23. The molecule has 2 nitrogen and oxygen atoms in total. The van der Waals surface area contributed by atoms with E-state index in [1.807, 2.05) is 36.5 Å². The van der Waals surface area contributed by atoms with Gasteiger partial charge in [0.1, 0.15) is 5.75 Å². The van der Waals surface area contributed by atoms with E-state index in [-0.39, 0.29) is 6.10 Å². The van der Waals surface area contributed by atoms with Crippen LogP contribution in [0.15, 0.2) is 85.2 Å². The van der Waals surface area contributed by atoms with E-state index in [4.69, 9.17) is 27.9 Å². The summed E-state index contributed by atoms with van der Waals surface area (Å²) in [7, 11) is 0. The summed E-state index contributed by atoms with van der Waals surface area (Å²) in [4.78, 5) is 4.26. The second-order valence-corrected chi connectivity index (χ2v) is 6.77. The van der Waals surface area contributed by atoms with Gasteiger partial charge in [0, 0.05) is 28.5 Å². The SMILES string of the molecule is Clc1ccc(OC(c2cccnc2)c2cccc3ccccc23)c(Cl)c1. The third-order valence-corrected chi connectivity index (χ3v) is 4.76. The molecule has 0 spiro atoms. The minimum Gasteiger partial charge on any atom is -0.479 e. The van der Waals surface area contributed by atoms with Crippen molar-refractivity contribution in [3.8, 4) is 5.75 Å². The number of aromatic nitrogens is 1. The average Bonchev–Trinajstić information content (AvgIpc) is 2.68. The lowest BCUT2D eigenvalue weighted by Crippen LogP contribution is -2.10. The molecule has 0 bridgehead atoms. The summed E-state index contributed by atoms with van der Waals surface area (Å²) >= 11 is 12.4. The highest BCUT2D eigenvalue weighted by Crippen LogP contribution is 2.36. The van der Waals surface area contributed by atoms with Gasteiger partial charge in [-0.15, -0.1) is 0 Å². The van der Waals surface area contributed by atoms with Crippen LogP contribution in [0.4, 0.5) is 0 Å². The molecular weight excluding hydrogens is 365 g/mol. The Bertz CT molecular complexity index is 1040. The molecule has 1 unspecified atom stereocenters. The fourth-order valence-electron chi connectivity index (χ4n) is 3.02. The van der Waals surface area contributed by atoms with E-state index in [1.54, 1.807) is 24.4 Å². The molecule has 128 valence electrons. The minimum atomic E-state index is -0.339. The predicted molar refractivity (Wildman–Crippen MR) is 107 cm³/mol. The Kier molecular flexibility index (Phi) is 4.79. The van der Waals surface area contributed by atoms with Crippen molar-refractivity contribution in [2.24, 2.45) is 0 Å². The molecule has 0 N–H and O–H groups in total. The maximum absolute atomic E-state index is 6.35. The lowest BCUT2D eigenvalue weighted by Gasteiger charge is -2.22. The lowest BCUT2D eigenvalue weighted by atomic mass is 9.96. The summed E-state index contributed by atoms with van der Waals surface area (Å²) in [6.45, 7) is 0. The highest BCUT2D eigenvalue weighted by Gasteiger charge is 2.20. The van der Waals surface area contributed by atoms with Crippen LogP contribution in [0.3, 0.4) is 0 Å². The fourth-order valence-corrected chi connectivity index (χ4v) is 3.47. The molecule has 0 saturated heterocycles. The van der Waals surface area contributed by atoms with E-state index in [0.29, 0.717) is 15.8 Å². The molecule has 1 atom stereocenters. The van der Waals surface area contributed by atoms with Gasteiger partial charge in [-0.2, -0.15) is 0 Å². The molecule has 0 fully saturated rings. The highest BCUT2D eigenvalue weighted by molar-refractivity contribution is 6.35. The number of ether oxygens (including phenoxy) is 1. The summed E-state index contributed by atoms with van der Waals surface area (Å²) < 4.78 is 6.35. The summed E-state index contributed by atoms with van der Waals surface area (Å²) in [5.74, 6) is 0.581. The first-order chi connectivity index (χ1) is 12.7. The third kappa shape index (κ3) is 3.39. The number of halogens is 2. The largest absolute Gasteiger partial charge is 0.479 e. The molecule has 0 radical (unpaired) electrons. The maximum Gasteiger partial charge on any atom is 0.151 e. The van der Waals surface area contributed by atoms with Crippen molar-refractivity contribution in [3.05, 3.63) is 106 Å². The fraction of sp³-hybridized carbons (Fsp3) is 0.0455. The van der Waals surface area contributed by atoms with E-state index in [9.17, 15) is 0 Å². The molecule has 4 rings (SSSR count). The van der Waals surface area contributed by atoms with Gasteiger partial charge in [-0.05, 0) is 35.0 Å². The second kappa shape index (κ2) is 7.36. The van der Waals surface area contributed by atoms with Gasteiger partial charge in [0.2, 0.25) is 0 Å². The molecule has 0 aliphatic carbocycles. The molecule has 1 heterocycles. The van der Waals surface area contributed by atoms with E-state index < -0.39 is 0 Å². The number of pyridine rings is 1. The summed E-state index contributed by atoms with van der Waals surface area (Å²) in [5, 5.41) is 3.34. The molecule has 4 heteroatoms. The minimum absolute atomic E-state index is 0.339. The van der Waals surface area contributed by atoms with Crippen LogP contribution in [0.25, 0.3) is 10.8 Å². The van der Waals surface area contributed by atoms with Crippen molar-refractivity contribution in [1.29, 1.82) is 0 Å². The van der Waals surface area contributed by atoms with Crippen molar-refractivity contribution < 1.29 is 4.74 Å². The smallest absolute Gasteiger partial charge is 0.151 e. The van der Waals surface area contributed by atoms with Crippen molar-refractivity contribution in [1.82, 2.24) is 4.98 Å². The van der Waals surface area contributed by atoms with Crippen LogP contribution in [0.5, 0.6) is 5.75 Å². The monoisotopic (exact) mass is 379 g/mol. The van der Waals surface area contributed by atoms with Gasteiger partial charge < -0.3 is 4.74 Å². The standard InChI is InChI=1S/C22H15Cl2NO/c23-17-10-11-21(20(24)13-17)26-22(16-7-4-12-25-14-16)19-9-3-6-15-5-1-2-8-18(15)19/h1-14,22H. The molecule has 0 saturated carbocycles. The summed E-state index contributed by atoms with van der Waals surface area (Å²) in [6, 6.07) is 23.6. The van der Waals surface area contributed by atoms with Gasteiger partial charge in [-0.25, -0.2) is 0 Å². The zero-order chi connectivity index (χ0) is 17.9. The average molecular weight is 380 g/mol. The van der Waals surface area contributed by atoms with Crippen LogP contribution in [-0.2, 0) is 0 Å². The van der Waals surface area contributed by atoms with Crippen LogP contribution in [0, 0.1) is 0 Å². The molecule has 4 aromatic rings. The van der Waals surface area contributed by atoms with Crippen molar-refractivity contribution >= 4 is 34.0 Å². The van der Waals surface area contributed by atoms with Gasteiger partial charge in [-0.1, -0.05) is 71.7 Å². The van der Waals surface area contributed by atoms with Gasteiger partial charge >= 0.3 is 0 Å². The van der Waals surface area contributed by atoms with Gasteiger partial charge in [-0.3, -0.25) is 4.98 Å². The number of fused-ring (bicyclic) bond motifs is 1. The molecule has 1 aromatic heterocycles. The first-order valence-corrected chi connectivity index (χ1v) is 8.97. The first kappa shape index (κ1) is 16.9. The Morgan fingerprint density at radius 2 is 1.69 bits per heavy atom. The van der Waals surface area contributed by atoms with Crippen LogP contribution in [0.1, 0.15) is 17.2 Å². The quantitative estimate of drug-likeness (QED) is 0.393. The Labute approximate surface area is 162 Å². The van der Waals surface area contributed by atoms with E-state index in [1.165, 1.54) is 0 Å². The maximum atomic E-state index is 6.35. The zero-order valence-electron chi connectivity index (χ0n) is 13.8. The Balaban J connectivity index is 1.86. The Morgan fingerprint density at radius 1 is 0.846 bits per heavy atom. The van der Waals surface area contributed by atoms with Gasteiger partial charge in [0.25, 0.3) is 0 Å². The molecule has 0 amide bonds. The number of benzene rings is 3. The van der Waals surface area contributed by atoms with Crippen molar-refractivity contribution in [3.63, 3.8) is 0 Å². The molecule has 3 aromatic carbocycles. The second-order valence-electron chi connectivity index (χ2n) is 5.93. The van der Waals surface area contributed by atoms with Crippen LogP contribution in [0.2, 0.25) is 10.0 Å². The number of nitrogens with zero attached hydrogens (tertiary/aromatic N) is 1.